The van der Waals surface area contributed by atoms with E-state index in [1.807, 2.05) is 19.1 Å². The van der Waals surface area contributed by atoms with Crippen molar-refractivity contribution in [2.24, 2.45) is 5.73 Å². The van der Waals surface area contributed by atoms with Crippen molar-refractivity contribution in [3.63, 3.8) is 0 Å². The van der Waals surface area contributed by atoms with Crippen molar-refractivity contribution in [2.75, 3.05) is 6.61 Å². The van der Waals surface area contributed by atoms with Crippen LogP contribution in [-0.4, -0.2) is 12.5 Å². The lowest BCUT2D eigenvalue weighted by molar-refractivity contribution is -0.114. The molecule has 1 amide bonds. The van der Waals surface area contributed by atoms with Gasteiger partial charge in [0.1, 0.15) is 41.3 Å². The van der Waals surface area contributed by atoms with Crippen molar-refractivity contribution in [3.8, 4) is 17.6 Å². The van der Waals surface area contributed by atoms with Gasteiger partial charge in [-0.3, -0.25) is 4.79 Å². The van der Waals surface area contributed by atoms with Gasteiger partial charge in [-0.25, -0.2) is 0 Å². The van der Waals surface area contributed by atoms with Crippen molar-refractivity contribution in [1.29, 1.82) is 5.26 Å². The molecule has 2 rings (SSSR count). The molecule has 0 saturated heterocycles. The minimum Gasteiger partial charge on any atom is -0.494 e. The Labute approximate surface area is 133 Å². The number of nitrogens with zero attached hydrogens (tertiary/aromatic N) is 1. The van der Waals surface area contributed by atoms with Gasteiger partial charge < -0.3 is 19.6 Å². The third kappa shape index (κ3) is 4.64. The zero-order valence-electron chi connectivity index (χ0n) is 12.6. The van der Waals surface area contributed by atoms with Gasteiger partial charge in [0.15, 0.2) is 0 Å². The van der Waals surface area contributed by atoms with Crippen molar-refractivity contribution in [2.45, 2.75) is 13.5 Å². The van der Waals surface area contributed by atoms with E-state index in [2.05, 4.69) is 0 Å². The van der Waals surface area contributed by atoms with Crippen LogP contribution in [0.25, 0.3) is 6.08 Å². The Morgan fingerprint density at radius 3 is 2.43 bits per heavy atom. The molecule has 0 aliphatic heterocycles. The van der Waals surface area contributed by atoms with Crippen LogP contribution in [0.15, 0.2) is 46.4 Å². The summed E-state index contributed by atoms with van der Waals surface area (Å²) < 4.78 is 16.4. The second-order valence-electron chi connectivity index (χ2n) is 4.53. The lowest BCUT2D eigenvalue weighted by Crippen LogP contribution is -2.12. The zero-order valence-corrected chi connectivity index (χ0v) is 12.6. The molecule has 118 valence electrons. The lowest BCUT2D eigenvalue weighted by Gasteiger charge is -2.06. The zero-order chi connectivity index (χ0) is 16.7. The van der Waals surface area contributed by atoms with E-state index in [1.54, 1.807) is 30.3 Å². The molecule has 0 spiro atoms. The molecule has 6 nitrogen and oxygen atoms in total. The number of nitrogens with two attached hydrogens (primary N) is 1. The third-order valence-corrected chi connectivity index (χ3v) is 2.87. The molecular formula is C17H16N2O4. The van der Waals surface area contributed by atoms with E-state index >= 15 is 0 Å². The minimum absolute atomic E-state index is 0.168. The van der Waals surface area contributed by atoms with Crippen LogP contribution >= 0.6 is 0 Å². The number of ether oxygens (including phenoxy) is 2. The number of furan rings is 1. The smallest absolute Gasteiger partial charge is 0.259 e. The summed E-state index contributed by atoms with van der Waals surface area (Å²) in [6.07, 6.45) is 1.29. The quantitative estimate of drug-likeness (QED) is 0.626. The van der Waals surface area contributed by atoms with Crippen LogP contribution in [0.5, 0.6) is 11.5 Å². The first-order valence-electron chi connectivity index (χ1n) is 6.98. The van der Waals surface area contributed by atoms with Gasteiger partial charge in [-0.1, -0.05) is 0 Å². The van der Waals surface area contributed by atoms with Crippen LogP contribution in [0.3, 0.4) is 0 Å². The second-order valence-corrected chi connectivity index (χ2v) is 4.53. The van der Waals surface area contributed by atoms with Gasteiger partial charge in [0.2, 0.25) is 0 Å². The van der Waals surface area contributed by atoms with E-state index < -0.39 is 5.91 Å². The Morgan fingerprint density at radius 1 is 1.22 bits per heavy atom. The van der Waals surface area contributed by atoms with E-state index in [0.717, 1.165) is 5.75 Å². The summed E-state index contributed by atoms with van der Waals surface area (Å²) in [5.74, 6) is 1.59. The van der Waals surface area contributed by atoms with Gasteiger partial charge in [-0.05, 0) is 43.3 Å². The van der Waals surface area contributed by atoms with E-state index in [1.165, 1.54) is 6.08 Å². The van der Waals surface area contributed by atoms with Gasteiger partial charge in [0.05, 0.1) is 6.61 Å². The fraction of sp³-hybridized carbons (Fsp3) is 0.176. The lowest BCUT2D eigenvalue weighted by atomic mass is 10.2. The molecular weight excluding hydrogens is 296 g/mol. The molecule has 0 aliphatic carbocycles. The first-order chi connectivity index (χ1) is 11.1. The van der Waals surface area contributed by atoms with Crippen LogP contribution in [0.1, 0.15) is 18.4 Å². The molecule has 1 aromatic heterocycles. The third-order valence-electron chi connectivity index (χ3n) is 2.87. The molecule has 0 bridgehead atoms. The highest BCUT2D eigenvalue weighted by Crippen LogP contribution is 2.19. The summed E-state index contributed by atoms with van der Waals surface area (Å²) in [5, 5.41) is 8.78. The van der Waals surface area contributed by atoms with E-state index in [9.17, 15) is 4.79 Å². The average molecular weight is 312 g/mol. The van der Waals surface area contributed by atoms with Crippen LogP contribution < -0.4 is 15.2 Å². The van der Waals surface area contributed by atoms with Crippen LogP contribution in [0.4, 0.5) is 0 Å². The molecule has 0 radical (unpaired) electrons. The van der Waals surface area contributed by atoms with Crippen molar-refractivity contribution in [3.05, 3.63) is 53.5 Å². The highest BCUT2D eigenvalue weighted by molar-refractivity contribution is 6.00. The Bertz CT molecular complexity index is 739. The molecule has 2 aromatic rings. The van der Waals surface area contributed by atoms with Crippen LogP contribution in [-0.2, 0) is 11.4 Å². The largest absolute Gasteiger partial charge is 0.494 e. The fourth-order valence-corrected chi connectivity index (χ4v) is 1.80. The Kier molecular flexibility index (Phi) is 5.42. The highest BCUT2D eigenvalue weighted by atomic mass is 16.5. The number of hydrogen-bond donors (Lipinski definition) is 1. The first kappa shape index (κ1) is 16.2. The SMILES string of the molecule is CCOc1ccc(OCc2ccc(C=C(C#N)C(N)=O)o2)cc1. The Hall–Kier alpha value is -3.20. The van der Waals surface area contributed by atoms with E-state index in [4.69, 9.17) is 24.9 Å². The van der Waals surface area contributed by atoms with Crippen molar-refractivity contribution in [1.82, 2.24) is 0 Å². The average Bonchev–Trinajstić information content (AvgIpc) is 2.99. The van der Waals surface area contributed by atoms with E-state index in [-0.39, 0.29) is 12.2 Å². The summed E-state index contributed by atoms with van der Waals surface area (Å²) in [7, 11) is 0. The number of benzene rings is 1. The molecule has 0 aliphatic rings. The van der Waals surface area contributed by atoms with Crippen LogP contribution in [0, 0.1) is 11.3 Å². The number of carbonyl (C=O) groups is 1. The number of nitriles is 1. The van der Waals surface area contributed by atoms with Gasteiger partial charge >= 0.3 is 0 Å². The van der Waals surface area contributed by atoms with Crippen molar-refractivity contribution < 1.29 is 18.7 Å². The maximum atomic E-state index is 11.0. The molecule has 2 N–H and O–H groups in total. The molecule has 0 fully saturated rings. The number of carbonyl (C=O) groups excluding carboxylic acids is 1. The standard InChI is InChI=1S/C17H16N2O4/c1-2-21-13-3-5-14(6-4-13)22-11-16-8-7-15(23-16)9-12(10-18)17(19)20/h3-9H,2,11H2,1H3,(H2,19,20). The maximum Gasteiger partial charge on any atom is 0.259 e. The Balaban J connectivity index is 1.97. The highest BCUT2D eigenvalue weighted by Gasteiger charge is 2.07. The summed E-state index contributed by atoms with van der Waals surface area (Å²) >= 11 is 0. The van der Waals surface area contributed by atoms with Crippen molar-refractivity contribution >= 4 is 12.0 Å². The molecule has 0 saturated carbocycles. The predicted molar refractivity (Wildman–Crippen MR) is 83.4 cm³/mol. The number of primary amides is 1. The fourth-order valence-electron chi connectivity index (χ4n) is 1.80. The molecule has 6 heteroatoms. The Morgan fingerprint density at radius 2 is 1.87 bits per heavy atom. The topological polar surface area (TPSA) is 98.5 Å². The van der Waals surface area contributed by atoms with E-state index in [0.29, 0.717) is 23.9 Å². The molecule has 0 atom stereocenters. The van der Waals surface area contributed by atoms with Gasteiger partial charge in [-0.15, -0.1) is 0 Å². The molecule has 1 heterocycles. The molecule has 23 heavy (non-hydrogen) atoms. The predicted octanol–water partition coefficient (Wildman–Crippen LogP) is 2.65. The number of amides is 1. The molecule has 0 unspecified atom stereocenters. The summed E-state index contributed by atoms with van der Waals surface area (Å²) in [6, 6.07) is 12.3. The summed E-state index contributed by atoms with van der Waals surface area (Å²) in [6.45, 7) is 2.75. The number of rotatable bonds is 7. The van der Waals surface area contributed by atoms with Crippen LogP contribution in [0.2, 0.25) is 0 Å². The molecule has 1 aromatic carbocycles. The minimum atomic E-state index is -0.795. The second kappa shape index (κ2) is 7.71. The normalized spacial score (nSPS) is 10.9. The van der Waals surface area contributed by atoms with Gasteiger partial charge in [-0.2, -0.15) is 5.26 Å². The number of hydrogen-bond acceptors (Lipinski definition) is 5. The van der Waals surface area contributed by atoms with Gasteiger partial charge in [0.25, 0.3) is 5.91 Å². The summed E-state index contributed by atoms with van der Waals surface area (Å²) in [5.41, 5.74) is 4.90. The summed E-state index contributed by atoms with van der Waals surface area (Å²) in [4.78, 5) is 11.0. The monoisotopic (exact) mass is 312 g/mol. The van der Waals surface area contributed by atoms with Gasteiger partial charge in [0, 0.05) is 6.08 Å². The maximum absolute atomic E-state index is 11.0. The first-order valence-corrected chi connectivity index (χ1v) is 6.98.